The van der Waals surface area contributed by atoms with E-state index in [1.165, 1.54) is 12.6 Å². The van der Waals surface area contributed by atoms with Crippen molar-refractivity contribution < 1.29 is 9.90 Å². The predicted molar refractivity (Wildman–Crippen MR) is 66.2 cm³/mol. The van der Waals surface area contributed by atoms with Gasteiger partial charge in [0.05, 0.1) is 0 Å². The molecule has 1 unspecified atom stereocenters. The van der Waals surface area contributed by atoms with Crippen LogP contribution in [-0.2, 0) is 0 Å². The van der Waals surface area contributed by atoms with Gasteiger partial charge in [0.25, 0.3) is 0 Å². The van der Waals surface area contributed by atoms with Crippen LogP contribution in [0.4, 0.5) is 5.69 Å². The number of nitrogens with one attached hydrogen (secondary N) is 1. The molecule has 2 rings (SSSR count). The minimum absolute atomic E-state index is 0.0901. The second kappa shape index (κ2) is 4.35. The van der Waals surface area contributed by atoms with Crippen molar-refractivity contribution in [2.45, 2.75) is 39.2 Å². The standard InChI is InChI=1S/C13H18N2O2/c1-13(2)5-3-10(8-13)15-9-4-6-14-11(7-9)12(16)17/h4,6-7,10H,3,5,8H2,1-2H3,(H,14,15)(H,16,17). The molecule has 1 atom stereocenters. The number of rotatable bonds is 3. The Kier molecular flexibility index (Phi) is 3.05. The molecule has 4 heteroatoms. The third-order valence-corrected chi connectivity index (χ3v) is 3.32. The van der Waals surface area contributed by atoms with Crippen molar-refractivity contribution in [3.05, 3.63) is 24.0 Å². The van der Waals surface area contributed by atoms with E-state index in [4.69, 9.17) is 5.11 Å². The van der Waals surface area contributed by atoms with Crippen molar-refractivity contribution in [1.29, 1.82) is 0 Å². The normalized spacial score (nSPS) is 22.4. The van der Waals surface area contributed by atoms with E-state index in [2.05, 4.69) is 24.1 Å². The van der Waals surface area contributed by atoms with Crippen LogP contribution in [0.5, 0.6) is 0 Å². The summed E-state index contributed by atoms with van der Waals surface area (Å²) in [4.78, 5) is 14.6. The first kappa shape index (κ1) is 11.9. The summed E-state index contributed by atoms with van der Waals surface area (Å²) in [5.74, 6) is -0.986. The highest BCUT2D eigenvalue weighted by molar-refractivity contribution is 5.86. The molecular weight excluding hydrogens is 216 g/mol. The number of carboxylic acids is 1. The van der Waals surface area contributed by atoms with Gasteiger partial charge < -0.3 is 10.4 Å². The monoisotopic (exact) mass is 234 g/mol. The lowest BCUT2D eigenvalue weighted by Gasteiger charge is -2.18. The SMILES string of the molecule is CC1(C)CCC(Nc2ccnc(C(=O)O)c2)C1. The van der Waals surface area contributed by atoms with Gasteiger partial charge in [0, 0.05) is 17.9 Å². The molecule has 1 aliphatic carbocycles. The Balaban J connectivity index is 2.04. The Labute approximate surface area is 101 Å². The number of aromatic nitrogens is 1. The Morgan fingerprint density at radius 2 is 2.35 bits per heavy atom. The molecule has 0 amide bonds. The Morgan fingerprint density at radius 3 is 2.94 bits per heavy atom. The van der Waals surface area contributed by atoms with Gasteiger partial charge in [-0.25, -0.2) is 9.78 Å². The van der Waals surface area contributed by atoms with E-state index >= 15 is 0 Å². The van der Waals surface area contributed by atoms with Crippen LogP contribution >= 0.6 is 0 Å². The van der Waals surface area contributed by atoms with E-state index in [9.17, 15) is 4.79 Å². The van der Waals surface area contributed by atoms with Crippen molar-refractivity contribution in [3.63, 3.8) is 0 Å². The quantitative estimate of drug-likeness (QED) is 0.844. The van der Waals surface area contributed by atoms with E-state index in [1.807, 2.05) is 6.07 Å². The second-order valence-electron chi connectivity index (χ2n) is 5.48. The van der Waals surface area contributed by atoms with Crippen LogP contribution in [0.2, 0.25) is 0 Å². The molecule has 1 aromatic rings. The molecular formula is C13H18N2O2. The number of carboxylic acid groups (broad SMARTS) is 1. The number of hydrogen-bond donors (Lipinski definition) is 2. The second-order valence-corrected chi connectivity index (χ2v) is 5.48. The lowest BCUT2D eigenvalue weighted by atomic mass is 9.92. The molecule has 1 aliphatic rings. The van der Waals surface area contributed by atoms with Gasteiger partial charge in [-0.2, -0.15) is 0 Å². The first-order chi connectivity index (χ1) is 7.96. The molecule has 1 fully saturated rings. The van der Waals surface area contributed by atoms with Gasteiger partial charge in [0.1, 0.15) is 5.69 Å². The molecule has 1 aromatic heterocycles. The molecule has 0 spiro atoms. The lowest BCUT2D eigenvalue weighted by molar-refractivity contribution is 0.0690. The van der Waals surface area contributed by atoms with E-state index in [0.717, 1.165) is 18.5 Å². The minimum atomic E-state index is -0.986. The zero-order valence-electron chi connectivity index (χ0n) is 10.2. The van der Waals surface area contributed by atoms with Crippen molar-refractivity contribution in [3.8, 4) is 0 Å². The van der Waals surface area contributed by atoms with Gasteiger partial charge in [0.2, 0.25) is 0 Å². The molecule has 17 heavy (non-hydrogen) atoms. The number of nitrogens with zero attached hydrogens (tertiary/aromatic N) is 1. The number of hydrogen-bond acceptors (Lipinski definition) is 3. The molecule has 1 saturated carbocycles. The fourth-order valence-electron chi connectivity index (χ4n) is 2.43. The fraction of sp³-hybridized carbons (Fsp3) is 0.538. The molecule has 1 heterocycles. The van der Waals surface area contributed by atoms with Crippen LogP contribution in [0.1, 0.15) is 43.6 Å². The van der Waals surface area contributed by atoms with Gasteiger partial charge in [-0.3, -0.25) is 0 Å². The smallest absolute Gasteiger partial charge is 0.354 e. The number of carbonyl (C=O) groups is 1. The first-order valence-corrected chi connectivity index (χ1v) is 5.92. The average Bonchev–Trinajstić information content (AvgIpc) is 2.58. The van der Waals surface area contributed by atoms with Crippen LogP contribution in [-0.4, -0.2) is 22.1 Å². The molecule has 2 N–H and O–H groups in total. The maximum atomic E-state index is 10.8. The highest BCUT2D eigenvalue weighted by atomic mass is 16.4. The maximum absolute atomic E-state index is 10.8. The van der Waals surface area contributed by atoms with Crippen molar-refractivity contribution in [2.75, 3.05) is 5.32 Å². The number of aromatic carboxylic acids is 1. The highest BCUT2D eigenvalue weighted by Crippen LogP contribution is 2.38. The Bertz CT molecular complexity index is 429. The fourth-order valence-corrected chi connectivity index (χ4v) is 2.43. The van der Waals surface area contributed by atoms with E-state index in [-0.39, 0.29) is 5.69 Å². The summed E-state index contributed by atoms with van der Waals surface area (Å²) in [5.41, 5.74) is 1.33. The van der Waals surface area contributed by atoms with Crippen molar-refractivity contribution in [1.82, 2.24) is 4.98 Å². The van der Waals surface area contributed by atoms with Gasteiger partial charge >= 0.3 is 5.97 Å². The molecule has 0 bridgehead atoms. The summed E-state index contributed by atoms with van der Waals surface area (Å²) >= 11 is 0. The highest BCUT2D eigenvalue weighted by Gasteiger charge is 2.30. The van der Waals surface area contributed by atoms with Crippen LogP contribution in [0.3, 0.4) is 0 Å². The van der Waals surface area contributed by atoms with Gasteiger partial charge in [0.15, 0.2) is 0 Å². The van der Waals surface area contributed by atoms with Crippen LogP contribution in [0.15, 0.2) is 18.3 Å². The number of pyridine rings is 1. The van der Waals surface area contributed by atoms with Crippen molar-refractivity contribution in [2.24, 2.45) is 5.41 Å². The average molecular weight is 234 g/mol. The van der Waals surface area contributed by atoms with Crippen LogP contribution < -0.4 is 5.32 Å². The summed E-state index contributed by atoms with van der Waals surface area (Å²) in [5, 5.41) is 12.3. The molecule has 4 nitrogen and oxygen atoms in total. The van der Waals surface area contributed by atoms with Gasteiger partial charge in [-0.05, 0) is 36.8 Å². The minimum Gasteiger partial charge on any atom is -0.477 e. The topological polar surface area (TPSA) is 62.2 Å². The molecule has 92 valence electrons. The van der Waals surface area contributed by atoms with Gasteiger partial charge in [-0.15, -0.1) is 0 Å². The molecule has 0 aliphatic heterocycles. The molecule has 0 aromatic carbocycles. The zero-order valence-corrected chi connectivity index (χ0v) is 10.2. The molecule has 0 radical (unpaired) electrons. The third-order valence-electron chi connectivity index (χ3n) is 3.32. The van der Waals surface area contributed by atoms with Crippen LogP contribution in [0.25, 0.3) is 0 Å². The summed E-state index contributed by atoms with van der Waals surface area (Å²) in [6.45, 7) is 4.54. The summed E-state index contributed by atoms with van der Waals surface area (Å²) in [6, 6.07) is 3.85. The summed E-state index contributed by atoms with van der Waals surface area (Å²) in [6.07, 6.45) is 5.00. The Morgan fingerprint density at radius 1 is 1.59 bits per heavy atom. The zero-order chi connectivity index (χ0) is 12.5. The first-order valence-electron chi connectivity index (χ1n) is 5.92. The van der Waals surface area contributed by atoms with Crippen molar-refractivity contribution >= 4 is 11.7 Å². The van der Waals surface area contributed by atoms with Gasteiger partial charge in [-0.1, -0.05) is 13.8 Å². The maximum Gasteiger partial charge on any atom is 0.354 e. The molecule has 0 saturated heterocycles. The predicted octanol–water partition coefficient (Wildman–Crippen LogP) is 2.77. The Hall–Kier alpha value is -1.58. The van der Waals surface area contributed by atoms with E-state index < -0.39 is 5.97 Å². The largest absolute Gasteiger partial charge is 0.477 e. The number of anilines is 1. The summed E-state index contributed by atoms with van der Waals surface area (Å²) in [7, 11) is 0. The third kappa shape index (κ3) is 2.96. The summed E-state index contributed by atoms with van der Waals surface area (Å²) < 4.78 is 0. The lowest BCUT2D eigenvalue weighted by Crippen LogP contribution is -2.18. The van der Waals surface area contributed by atoms with E-state index in [1.54, 1.807) is 6.07 Å². The van der Waals surface area contributed by atoms with Crippen LogP contribution in [0, 0.1) is 5.41 Å². The van der Waals surface area contributed by atoms with E-state index in [0.29, 0.717) is 11.5 Å².